The van der Waals surface area contributed by atoms with Crippen LogP contribution < -0.4 is 15.8 Å². The van der Waals surface area contributed by atoms with E-state index in [9.17, 15) is 0 Å². The molecule has 0 aliphatic heterocycles. The number of nitrogen functional groups attached to an aromatic ring is 1. The van der Waals surface area contributed by atoms with E-state index in [4.69, 9.17) is 10.5 Å². The number of methoxy groups -OCH3 is 1. The Hall–Kier alpha value is -1.04. The summed E-state index contributed by atoms with van der Waals surface area (Å²) in [5.41, 5.74) is 7.80. The highest BCUT2D eigenvalue weighted by Crippen LogP contribution is 2.23. The van der Waals surface area contributed by atoms with Crippen molar-refractivity contribution in [3.63, 3.8) is 0 Å². The Morgan fingerprint density at radius 3 is 2.78 bits per heavy atom. The van der Waals surface area contributed by atoms with E-state index in [0.717, 1.165) is 34.6 Å². The number of benzene rings is 1. The fourth-order valence-electron chi connectivity index (χ4n) is 1.62. The summed E-state index contributed by atoms with van der Waals surface area (Å²) in [4.78, 5) is 1.29. The van der Waals surface area contributed by atoms with Crippen LogP contribution in [-0.2, 0) is 13.1 Å². The molecule has 0 saturated carbocycles. The number of hydrogen-bond donors (Lipinski definition) is 2. The molecule has 2 aromatic rings. The largest absolute Gasteiger partial charge is 0.497 e. The van der Waals surface area contributed by atoms with Crippen LogP contribution in [0.3, 0.4) is 0 Å². The molecular formula is C13H15BrN2OS. The van der Waals surface area contributed by atoms with E-state index in [1.54, 1.807) is 18.4 Å². The summed E-state index contributed by atoms with van der Waals surface area (Å²) in [6.07, 6.45) is 0. The summed E-state index contributed by atoms with van der Waals surface area (Å²) in [5, 5.41) is 5.46. The van der Waals surface area contributed by atoms with Crippen LogP contribution in [-0.4, -0.2) is 7.11 Å². The lowest BCUT2D eigenvalue weighted by Crippen LogP contribution is -2.13. The standard InChI is InChI=1S/C13H15BrN2OS/c1-17-10-3-2-9(12(15)6-10)7-16-8-13-11(14)4-5-18-13/h2-6,16H,7-8,15H2,1H3. The van der Waals surface area contributed by atoms with Crippen molar-refractivity contribution in [1.29, 1.82) is 0 Å². The smallest absolute Gasteiger partial charge is 0.120 e. The van der Waals surface area contributed by atoms with Gasteiger partial charge in [0.2, 0.25) is 0 Å². The van der Waals surface area contributed by atoms with Gasteiger partial charge in [-0.3, -0.25) is 0 Å². The van der Waals surface area contributed by atoms with Crippen LogP contribution in [0.1, 0.15) is 10.4 Å². The summed E-state index contributed by atoms with van der Waals surface area (Å²) in [6, 6.07) is 7.82. The maximum Gasteiger partial charge on any atom is 0.120 e. The average Bonchev–Trinajstić information content (AvgIpc) is 2.77. The van der Waals surface area contributed by atoms with Crippen LogP contribution >= 0.6 is 27.3 Å². The van der Waals surface area contributed by atoms with Crippen molar-refractivity contribution in [2.75, 3.05) is 12.8 Å². The molecule has 1 aromatic carbocycles. The van der Waals surface area contributed by atoms with Gasteiger partial charge in [0.25, 0.3) is 0 Å². The molecule has 0 aliphatic carbocycles. The topological polar surface area (TPSA) is 47.3 Å². The van der Waals surface area contributed by atoms with Gasteiger partial charge < -0.3 is 15.8 Å². The van der Waals surface area contributed by atoms with E-state index < -0.39 is 0 Å². The van der Waals surface area contributed by atoms with Crippen LogP contribution in [0.25, 0.3) is 0 Å². The number of thiophene rings is 1. The summed E-state index contributed by atoms with van der Waals surface area (Å²) in [5.74, 6) is 0.789. The predicted molar refractivity (Wildman–Crippen MR) is 80.0 cm³/mol. The predicted octanol–water partition coefficient (Wildman–Crippen LogP) is 3.39. The van der Waals surface area contributed by atoms with E-state index in [-0.39, 0.29) is 0 Å². The number of halogens is 1. The van der Waals surface area contributed by atoms with Crippen molar-refractivity contribution in [2.24, 2.45) is 0 Å². The molecule has 18 heavy (non-hydrogen) atoms. The highest BCUT2D eigenvalue weighted by molar-refractivity contribution is 9.10. The second-order valence-corrected chi connectivity index (χ2v) is 5.72. The highest BCUT2D eigenvalue weighted by Gasteiger charge is 2.03. The molecule has 0 bridgehead atoms. The van der Waals surface area contributed by atoms with Crippen LogP contribution in [0.2, 0.25) is 0 Å². The van der Waals surface area contributed by atoms with Gasteiger partial charge in [0.15, 0.2) is 0 Å². The quantitative estimate of drug-likeness (QED) is 0.828. The Labute approximate surface area is 119 Å². The summed E-state index contributed by atoms with van der Waals surface area (Å²) < 4.78 is 6.28. The molecule has 5 heteroatoms. The van der Waals surface area contributed by atoms with Crippen molar-refractivity contribution < 1.29 is 4.74 Å². The molecule has 2 rings (SSSR count). The van der Waals surface area contributed by atoms with E-state index in [0.29, 0.717) is 0 Å². The lowest BCUT2D eigenvalue weighted by atomic mass is 10.1. The molecular weight excluding hydrogens is 312 g/mol. The highest BCUT2D eigenvalue weighted by atomic mass is 79.9. The van der Waals surface area contributed by atoms with Crippen LogP contribution in [0.4, 0.5) is 5.69 Å². The number of nitrogens with one attached hydrogen (secondary N) is 1. The molecule has 0 amide bonds. The van der Waals surface area contributed by atoms with Gasteiger partial charge >= 0.3 is 0 Å². The van der Waals surface area contributed by atoms with Gasteiger partial charge in [0.05, 0.1) is 7.11 Å². The van der Waals surface area contributed by atoms with E-state index in [1.165, 1.54) is 4.88 Å². The Bertz CT molecular complexity index is 527. The van der Waals surface area contributed by atoms with Crippen molar-refractivity contribution in [1.82, 2.24) is 5.32 Å². The van der Waals surface area contributed by atoms with E-state index in [2.05, 4.69) is 32.7 Å². The van der Waals surface area contributed by atoms with Gasteiger partial charge in [0, 0.05) is 34.2 Å². The molecule has 0 unspecified atom stereocenters. The molecule has 3 nitrogen and oxygen atoms in total. The number of ether oxygens (including phenoxy) is 1. The zero-order chi connectivity index (χ0) is 13.0. The third-order valence-corrected chi connectivity index (χ3v) is 4.57. The Morgan fingerprint density at radius 2 is 2.17 bits per heavy atom. The van der Waals surface area contributed by atoms with Gasteiger partial charge in [-0.25, -0.2) is 0 Å². The van der Waals surface area contributed by atoms with Crippen molar-refractivity contribution >= 4 is 33.0 Å². The number of hydrogen-bond acceptors (Lipinski definition) is 4. The molecule has 0 spiro atoms. The molecule has 0 aliphatic rings. The summed E-state index contributed by atoms with van der Waals surface area (Å²) in [6.45, 7) is 1.59. The minimum Gasteiger partial charge on any atom is -0.497 e. The normalized spacial score (nSPS) is 10.6. The Kier molecular flexibility index (Phi) is 4.63. The van der Waals surface area contributed by atoms with Crippen LogP contribution in [0.5, 0.6) is 5.75 Å². The second kappa shape index (κ2) is 6.22. The molecule has 1 heterocycles. The number of nitrogens with two attached hydrogens (primary N) is 1. The zero-order valence-corrected chi connectivity index (χ0v) is 12.5. The fourth-order valence-corrected chi connectivity index (χ4v) is 3.09. The van der Waals surface area contributed by atoms with Gasteiger partial charge in [-0.1, -0.05) is 6.07 Å². The molecule has 3 N–H and O–H groups in total. The lowest BCUT2D eigenvalue weighted by Gasteiger charge is -2.09. The van der Waals surface area contributed by atoms with Crippen molar-refractivity contribution in [3.8, 4) is 5.75 Å². The zero-order valence-electron chi connectivity index (χ0n) is 10.1. The second-order valence-electron chi connectivity index (χ2n) is 3.86. The molecule has 1 aromatic heterocycles. The molecule has 0 radical (unpaired) electrons. The number of rotatable bonds is 5. The maximum atomic E-state index is 5.96. The third-order valence-electron chi connectivity index (χ3n) is 2.65. The van der Waals surface area contributed by atoms with E-state index in [1.807, 2.05) is 18.2 Å². The Balaban J connectivity index is 1.92. The molecule has 96 valence electrons. The van der Waals surface area contributed by atoms with E-state index >= 15 is 0 Å². The van der Waals surface area contributed by atoms with Crippen molar-refractivity contribution in [2.45, 2.75) is 13.1 Å². The first kappa shape index (κ1) is 13.4. The van der Waals surface area contributed by atoms with Gasteiger partial charge in [-0.15, -0.1) is 11.3 Å². The minimum absolute atomic E-state index is 0.750. The summed E-state index contributed by atoms with van der Waals surface area (Å²) >= 11 is 5.25. The van der Waals surface area contributed by atoms with Gasteiger partial charge in [0.1, 0.15) is 5.75 Å². The molecule has 0 fully saturated rings. The minimum atomic E-state index is 0.750. The van der Waals surface area contributed by atoms with Crippen molar-refractivity contribution in [3.05, 3.63) is 44.6 Å². The summed E-state index contributed by atoms with van der Waals surface area (Å²) in [7, 11) is 1.64. The van der Waals surface area contributed by atoms with Crippen LogP contribution in [0.15, 0.2) is 34.1 Å². The molecule has 0 saturated heterocycles. The SMILES string of the molecule is COc1ccc(CNCc2sccc2Br)c(N)c1. The monoisotopic (exact) mass is 326 g/mol. The van der Waals surface area contributed by atoms with Gasteiger partial charge in [-0.05, 0) is 39.0 Å². The maximum absolute atomic E-state index is 5.96. The number of anilines is 1. The first-order valence-electron chi connectivity index (χ1n) is 5.55. The third kappa shape index (κ3) is 3.25. The lowest BCUT2D eigenvalue weighted by molar-refractivity contribution is 0.415. The fraction of sp³-hybridized carbons (Fsp3) is 0.231. The van der Waals surface area contributed by atoms with Crippen LogP contribution in [0, 0.1) is 0 Å². The molecule has 0 atom stereocenters. The van der Waals surface area contributed by atoms with Gasteiger partial charge in [-0.2, -0.15) is 0 Å². The first-order valence-corrected chi connectivity index (χ1v) is 7.23. The average molecular weight is 327 g/mol. The Morgan fingerprint density at radius 1 is 1.33 bits per heavy atom. The first-order chi connectivity index (χ1) is 8.70.